The zero-order valence-corrected chi connectivity index (χ0v) is 26.3. The Hall–Kier alpha value is 0.500. The van der Waals surface area contributed by atoms with Gasteiger partial charge in [0.25, 0.3) is 0 Å². The van der Waals surface area contributed by atoms with Crippen molar-refractivity contribution in [2.45, 2.75) is 0 Å². The van der Waals surface area contributed by atoms with E-state index in [1.165, 1.54) is 72.8 Å². The van der Waals surface area contributed by atoms with Gasteiger partial charge in [-0.05, 0) is 38.7 Å². The van der Waals surface area contributed by atoms with Crippen LogP contribution in [0.5, 0.6) is 0 Å². The van der Waals surface area contributed by atoms with Crippen LogP contribution in [-0.4, -0.2) is 0 Å². The fraction of sp³-hybridized carbons (Fsp3) is 0. The molecule has 0 aliphatic heterocycles. The Kier molecular flexibility index (Phi) is 17.6. The molecule has 0 unspecified atom stereocenters. The minimum absolute atomic E-state index is 0. The zero-order valence-electron chi connectivity index (χ0n) is 16.3. The predicted molar refractivity (Wildman–Crippen MR) is 101 cm³/mol. The first kappa shape index (κ1) is 34.7. The Morgan fingerprint density at radius 3 is 0.625 bits per heavy atom. The molecule has 3 aromatic carbocycles. The Morgan fingerprint density at radius 1 is 0.375 bits per heavy atom. The zero-order chi connectivity index (χ0) is 22.8. The summed E-state index contributed by atoms with van der Waals surface area (Å²) in [6.45, 7) is 0. The van der Waals surface area contributed by atoms with Gasteiger partial charge in [0, 0.05) is 0 Å². The van der Waals surface area contributed by atoms with Crippen LogP contribution in [0.15, 0.2) is 91.0 Å². The van der Waals surface area contributed by atoms with Crippen LogP contribution in [0.1, 0.15) is 0 Å². The van der Waals surface area contributed by atoms with Gasteiger partial charge in [-0.2, -0.15) is 0 Å². The maximum Gasteiger partial charge on any atom is 3.00 e. The van der Waals surface area contributed by atoms with Crippen LogP contribution < -0.4 is 45.3 Å². The van der Waals surface area contributed by atoms with Gasteiger partial charge >= 0.3 is 71.2 Å². The number of rotatable bonds is 3. The summed E-state index contributed by atoms with van der Waals surface area (Å²) in [7, 11) is -13.6. The van der Waals surface area contributed by atoms with Gasteiger partial charge in [0.05, 0.1) is 0 Å². The molecule has 0 bridgehead atoms. The minimum Gasteiger partial charge on any atom is -0.807 e. The van der Waals surface area contributed by atoms with E-state index in [9.17, 15) is 43.1 Å². The fourth-order valence-electron chi connectivity index (χ4n) is 1.83. The van der Waals surface area contributed by atoms with Crippen LogP contribution in [-0.2, 0) is 13.7 Å². The van der Waals surface area contributed by atoms with Gasteiger partial charge in [0.2, 0.25) is 0 Å². The molecule has 0 saturated heterocycles. The van der Waals surface area contributed by atoms with E-state index in [4.69, 9.17) is 0 Å². The minimum atomic E-state index is -4.52. The standard InChI is InChI=1S/3C6H7O3P.2La/c3*7-10(8,9)6-4-2-1-3-5-6;;/h3*1-5H,(H2,7,8,9);;/q;;;2*+3/p-6. The third-order valence-corrected chi connectivity index (χ3v) is 6.01. The second kappa shape index (κ2) is 16.2. The van der Waals surface area contributed by atoms with E-state index in [0.717, 1.165) is 0 Å². The summed E-state index contributed by atoms with van der Waals surface area (Å²) in [5.74, 6) is 0. The van der Waals surface area contributed by atoms with Crippen LogP contribution in [0, 0.1) is 71.2 Å². The molecule has 32 heavy (non-hydrogen) atoms. The van der Waals surface area contributed by atoms with Crippen molar-refractivity contribution in [1.29, 1.82) is 0 Å². The largest absolute Gasteiger partial charge is 3.00 e. The van der Waals surface area contributed by atoms with Crippen LogP contribution >= 0.6 is 22.8 Å². The first-order valence-electron chi connectivity index (χ1n) is 8.05. The maximum absolute atomic E-state index is 10.3. The van der Waals surface area contributed by atoms with E-state index in [2.05, 4.69) is 0 Å². The van der Waals surface area contributed by atoms with Crippen LogP contribution in [0.25, 0.3) is 0 Å². The van der Waals surface area contributed by atoms with Crippen molar-refractivity contribution in [3.63, 3.8) is 0 Å². The summed E-state index contributed by atoms with van der Waals surface area (Å²) >= 11 is 0. The quantitative estimate of drug-likeness (QED) is 0.265. The summed E-state index contributed by atoms with van der Waals surface area (Å²) in [4.78, 5) is 61.8. The van der Waals surface area contributed by atoms with Crippen molar-refractivity contribution >= 4 is 38.7 Å². The molecule has 0 fully saturated rings. The molecule has 0 amide bonds. The van der Waals surface area contributed by atoms with Crippen molar-refractivity contribution in [1.82, 2.24) is 0 Å². The van der Waals surface area contributed by atoms with Crippen molar-refractivity contribution in [3.05, 3.63) is 91.0 Å². The number of hydrogen-bond donors (Lipinski definition) is 0. The fourth-order valence-corrected chi connectivity index (χ4v) is 3.44. The molecule has 3 aromatic rings. The molecule has 0 aromatic heterocycles. The first-order valence-corrected chi connectivity index (χ1v) is 12.7. The molecule has 0 aliphatic carbocycles. The molecule has 0 atom stereocenters. The summed E-state index contributed by atoms with van der Waals surface area (Å²) in [6.07, 6.45) is 0. The van der Waals surface area contributed by atoms with Crippen LogP contribution in [0.2, 0.25) is 0 Å². The van der Waals surface area contributed by atoms with E-state index >= 15 is 0 Å². The molecule has 162 valence electrons. The molecule has 0 aliphatic rings. The van der Waals surface area contributed by atoms with E-state index < -0.39 is 22.8 Å². The molecule has 3 rings (SSSR count). The molecule has 9 nitrogen and oxygen atoms in total. The Morgan fingerprint density at radius 2 is 0.531 bits per heavy atom. The number of hydrogen-bond acceptors (Lipinski definition) is 9. The van der Waals surface area contributed by atoms with Crippen molar-refractivity contribution in [2.75, 3.05) is 0 Å². The second-order valence-corrected chi connectivity index (χ2v) is 10.0. The third kappa shape index (κ3) is 14.7. The SMILES string of the molecule is O=P([O-])([O-])c1ccccc1.O=P([O-])([O-])c1ccccc1.O=P([O-])([O-])c1ccccc1.[La+3].[La+3]. The normalized spacial score (nSPS) is 10.7. The molecule has 0 radical (unpaired) electrons. The first-order chi connectivity index (χ1) is 13.8. The van der Waals surface area contributed by atoms with Gasteiger partial charge in [-0.3, -0.25) is 0 Å². The number of benzene rings is 3. The average Bonchev–Trinajstić information content (AvgIpc) is 2.69. The van der Waals surface area contributed by atoms with Crippen molar-refractivity contribution < 1.29 is 114 Å². The molecular formula is C18H15La2O9P3. The molecule has 14 heteroatoms. The van der Waals surface area contributed by atoms with Crippen LogP contribution in [0.4, 0.5) is 0 Å². The van der Waals surface area contributed by atoms with Gasteiger partial charge < -0.3 is 43.1 Å². The molecule has 0 heterocycles. The Labute approximate surface area is 241 Å². The van der Waals surface area contributed by atoms with Gasteiger partial charge in [0.15, 0.2) is 0 Å². The van der Waals surface area contributed by atoms with Gasteiger partial charge in [-0.1, -0.05) is 91.0 Å². The van der Waals surface area contributed by atoms with Gasteiger partial charge in [-0.25, -0.2) is 0 Å². The van der Waals surface area contributed by atoms with Crippen molar-refractivity contribution in [3.8, 4) is 0 Å². The smallest absolute Gasteiger partial charge is 0.807 e. The van der Waals surface area contributed by atoms with Gasteiger partial charge in [-0.15, -0.1) is 0 Å². The summed E-state index contributed by atoms with van der Waals surface area (Å²) in [5.41, 5.74) is 0. The van der Waals surface area contributed by atoms with E-state index in [-0.39, 0.29) is 87.1 Å². The summed E-state index contributed by atoms with van der Waals surface area (Å²) < 4.78 is 30.9. The van der Waals surface area contributed by atoms with E-state index in [0.29, 0.717) is 0 Å². The topological polar surface area (TPSA) is 190 Å². The molecule has 0 spiro atoms. The predicted octanol–water partition coefficient (Wildman–Crippen LogP) is -2.32. The molecule has 0 N–H and O–H groups in total. The monoisotopic (exact) mass is 746 g/mol. The van der Waals surface area contributed by atoms with Gasteiger partial charge in [0.1, 0.15) is 0 Å². The summed E-state index contributed by atoms with van der Waals surface area (Å²) in [6, 6.07) is 21.7. The maximum atomic E-state index is 10.3. The Bertz CT molecular complexity index is 900. The second-order valence-electron chi connectivity index (χ2n) is 5.50. The van der Waals surface area contributed by atoms with Crippen LogP contribution in [0.3, 0.4) is 0 Å². The Balaban J connectivity index is 0. The van der Waals surface area contributed by atoms with Crippen molar-refractivity contribution in [2.24, 2.45) is 0 Å². The van der Waals surface area contributed by atoms with E-state index in [1.54, 1.807) is 18.2 Å². The van der Waals surface area contributed by atoms with E-state index in [1.807, 2.05) is 0 Å². The third-order valence-electron chi connectivity index (χ3n) is 3.22. The molecule has 0 saturated carbocycles. The summed E-state index contributed by atoms with van der Waals surface area (Å²) in [5, 5.41) is -0.472. The average molecular weight is 746 g/mol. The molecular weight excluding hydrogens is 731 g/mol.